The summed E-state index contributed by atoms with van der Waals surface area (Å²) in [5, 5.41) is 9.43. The maximum atomic E-state index is 11.8. The standard InChI is InChI=1S/C19H37N5O2/c1-20-18(22-15-17(25)21-11-14-26-2)23-16-19(9-5-3-6-10-19)24-12-7-4-8-13-24/h3-16H2,1-2H3,(H,21,25)(H2,20,22,23). The molecule has 1 saturated heterocycles. The Balaban J connectivity index is 1.82. The van der Waals surface area contributed by atoms with Crippen molar-refractivity contribution < 1.29 is 9.53 Å². The van der Waals surface area contributed by atoms with Gasteiger partial charge in [-0.25, -0.2) is 0 Å². The molecule has 3 N–H and O–H groups in total. The van der Waals surface area contributed by atoms with Gasteiger partial charge in [0, 0.05) is 32.8 Å². The molecule has 0 aromatic rings. The second-order valence-electron chi connectivity index (χ2n) is 7.45. The van der Waals surface area contributed by atoms with Gasteiger partial charge in [-0.1, -0.05) is 25.7 Å². The van der Waals surface area contributed by atoms with Crippen molar-refractivity contribution in [2.45, 2.75) is 56.9 Å². The smallest absolute Gasteiger partial charge is 0.239 e. The van der Waals surface area contributed by atoms with Crippen LogP contribution in [0.4, 0.5) is 0 Å². The van der Waals surface area contributed by atoms with E-state index in [1.807, 2.05) is 0 Å². The van der Waals surface area contributed by atoms with Crippen molar-refractivity contribution >= 4 is 11.9 Å². The number of rotatable bonds is 8. The summed E-state index contributed by atoms with van der Waals surface area (Å²) in [7, 11) is 3.38. The summed E-state index contributed by atoms with van der Waals surface area (Å²) < 4.78 is 4.94. The van der Waals surface area contributed by atoms with Crippen LogP contribution >= 0.6 is 0 Å². The molecule has 2 fully saturated rings. The van der Waals surface area contributed by atoms with Crippen LogP contribution in [-0.2, 0) is 9.53 Å². The summed E-state index contributed by atoms with van der Waals surface area (Å²) in [5.41, 5.74) is 0.247. The predicted molar refractivity (Wildman–Crippen MR) is 105 cm³/mol. The number of amides is 1. The number of methoxy groups -OCH3 is 1. The normalized spacial score (nSPS) is 21.2. The summed E-state index contributed by atoms with van der Waals surface area (Å²) in [5.74, 6) is 0.655. The average molecular weight is 368 g/mol. The number of aliphatic imine (C=N–C) groups is 1. The van der Waals surface area contributed by atoms with Crippen molar-refractivity contribution in [1.82, 2.24) is 20.9 Å². The predicted octanol–water partition coefficient (Wildman–Crippen LogP) is 1.10. The molecule has 0 bridgehead atoms. The van der Waals surface area contributed by atoms with E-state index in [1.54, 1.807) is 14.2 Å². The molecule has 1 heterocycles. The molecule has 1 aliphatic carbocycles. The fraction of sp³-hybridized carbons (Fsp3) is 0.895. The average Bonchev–Trinajstić information content (AvgIpc) is 2.70. The van der Waals surface area contributed by atoms with Crippen molar-refractivity contribution in [3.63, 3.8) is 0 Å². The Morgan fingerprint density at radius 2 is 1.73 bits per heavy atom. The third kappa shape index (κ3) is 6.43. The minimum Gasteiger partial charge on any atom is -0.383 e. The van der Waals surface area contributed by atoms with E-state index in [2.05, 4.69) is 25.8 Å². The van der Waals surface area contributed by atoms with Crippen LogP contribution in [0, 0.1) is 0 Å². The molecule has 1 aliphatic heterocycles. The van der Waals surface area contributed by atoms with Crippen LogP contribution in [-0.4, -0.2) is 75.8 Å². The van der Waals surface area contributed by atoms with E-state index in [4.69, 9.17) is 4.74 Å². The Hall–Kier alpha value is -1.34. The Morgan fingerprint density at radius 1 is 1.04 bits per heavy atom. The second kappa shape index (κ2) is 11.4. The Morgan fingerprint density at radius 3 is 2.38 bits per heavy atom. The van der Waals surface area contributed by atoms with Crippen LogP contribution in [0.3, 0.4) is 0 Å². The monoisotopic (exact) mass is 367 g/mol. The zero-order valence-electron chi connectivity index (χ0n) is 16.6. The number of hydrogen-bond acceptors (Lipinski definition) is 4. The third-order valence-electron chi connectivity index (χ3n) is 5.66. The zero-order valence-corrected chi connectivity index (χ0v) is 16.6. The van der Waals surface area contributed by atoms with Gasteiger partial charge >= 0.3 is 0 Å². The van der Waals surface area contributed by atoms with Gasteiger partial charge in [-0.3, -0.25) is 14.7 Å². The molecule has 1 amide bonds. The first-order valence-corrected chi connectivity index (χ1v) is 10.2. The number of ether oxygens (including phenoxy) is 1. The van der Waals surface area contributed by atoms with Crippen molar-refractivity contribution in [3.05, 3.63) is 0 Å². The molecule has 0 aromatic heterocycles. The van der Waals surface area contributed by atoms with Crippen molar-refractivity contribution in [3.8, 4) is 0 Å². The van der Waals surface area contributed by atoms with Gasteiger partial charge in [-0.2, -0.15) is 0 Å². The highest BCUT2D eigenvalue weighted by Gasteiger charge is 2.38. The summed E-state index contributed by atoms with van der Waals surface area (Å²) >= 11 is 0. The zero-order chi connectivity index (χ0) is 18.7. The molecule has 0 unspecified atom stereocenters. The first-order chi connectivity index (χ1) is 12.7. The van der Waals surface area contributed by atoms with Crippen LogP contribution in [0.5, 0.6) is 0 Å². The molecular weight excluding hydrogens is 330 g/mol. The summed E-state index contributed by atoms with van der Waals surface area (Å²) in [4.78, 5) is 18.8. The van der Waals surface area contributed by atoms with Gasteiger partial charge in [0.15, 0.2) is 5.96 Å². The molecule has 0 radical (unpaired) electrons. The first kappa shape index (κ1) is 21.0. The van der Waals surface area contributed by atoms with E-state index in [1.165, 1.54) is 64.5 Å². The fourth-order valence-electron chi connectivity index (χ4n) is 4.17. The van der Waals surface area contributed by atoms with Gasteiger partial charge < -0.3 is 20.7 Å². The molecule has 0 spiro atoms. The molecule has 7 heteroatoms. The fourth-order valence-corrected chi connectivity index (χ4v) is 4.17. The lowest BCUT2D eigenvalue weighted by Crippen LogP contribution is -2.59. The summed E-state index contributed by atoms with van der Waals surface area (Å²) in [6.07, 6.45) is 10.5. The van der Waals surface area contributed by atoms with E-state index in [-0.39, 0.29) is 18.0 Å². The molecular formula is C19H37N5O2. The summed E-state index contributed by atoms with van der Waals surface area (Å²) in [6.45, 7) is 4.61. The van der Waals surface area contributed by atoms with Crippen LogP contribution in [0.15, 0.2) is 4.99 Å². The highest BCUT2D eigenvalue weighted by molar-refractivity contribution is 5.86. The number of nitrogens with zero attached hydrogens (tertiary/aromatic N) is 2. The quantitative estimate of drug-likeness (QED) is 0.340. The molecule has 7 nitrogen and oxygen atoms in total. The van der Waals surface area contributed by atoms with Crippen LogP contribution in [0.2, 0.25) is 0 Å². The third-order valence-corrected chi connectivity index (χ3v) is 5.66. The van der Waals surface area contributed by atoms with E-state index in [0.717, 1.165) is 6.54 Å². The highest BCUT2D eigenvalue weighted by Crippen LogP contribution is 2.35. The minimum absolute atomic E-state index is 0.0478. The number of piperidine rings is 1. The lowest BCUT2D eigenvalue weighted by Gasteiger charge is -2.48. The number of carbonyl (C=O) groups excluding carboxylic acids is 1. The van der Waals surface area contributed by atoms with E-state index < -0.39 is 0 Å². The molecule has 2 rings (SSSR count). The lowest BCUT2D eigenvalue weighted by atomic mass is 9.79. The minimum atomic E-state index is -0.0478. The SMILES string of the molecule is CN=C(NCC(=O)NCCOC)NCC1(N2CCCCC2)CCCCC1. The van der Waals surface area contributed by atoms with E-state index in [9.17, 15) is 4.79 Å². The van der Waals surface area contributed by atoms with Gasteiger partial charge in [-0.15, -0.1) is 0 Å². The van der Waals surface area contributed by atoms with Crippen molar-refractivity contribution in [2.24, 2.45) is 4.99 Å². The highest BCUT2D eigenvalue weighted by atomic mass is 16.5. The number of carbonyl (C=O) groups is 1. The number of hydrogen-bond donors (Lipinski definition) is 3. The molecule has 1 saturated carbocycles. The molecule has 0 atom stereocenters. The largest absolute Gasteiger partial charge is 0.383 e. The van der Waals surface area contributed by atoms with Crippen LogP contribution < -0.4 is 16.0 Å². The number of guanidine groups is 1. The van der Waals surface area contributed by atoms with E-state index in [0.29, 0.717) is 19.1 Å². The van der Waals surface area contributed by atoms with Gasteiger partial charge in [0.2, 0.25) is 5.91 Å². The Bertz CT molecular complexity index is 443. The topological polar surface area (TPSA) is 78.0 Å². The van der Waals surface area contributed by atoms with Gasteiger partial charge in [0.05, 0.1) is 13.2 Å². The van der Waals surface area contributed by atoms with Crippen molar-refractivity contribution in [2.75, 3.05) is 53.5 Å². The number of likely N-dealkylation sites (tertiary alicyclic amines) is 1. The van der Waals surface area contributed by atoms with Gasteiger partial charge in [0.1, 0.15) is 0 Å². The van der Waals surface area contributed by atoms with Gasteiger partial charge in [-0.05, 0) is 38.8 Å². The molecule has 0 aromatic carbocycles. The van der Waals surface area contributed by atoms with Crippen LogP contribution in [0.1, 0.15) is 51.4 Å². The molecule has 150 valence electrons. The summed E-state index contributed by atoms with van der Waals surface area (Å²) in [6, 6.07) is 0. The maximum absolute atomic E-state index is 11.8. The molecule has 26 heavy (non-hydrogen) atoms. The lowest BCUT2D eigenvalue weighted by molar-refractivity contribution is -0.120. The van der Waals surface area contributed by atoms with Crippen molar-refractivity contribution in [1.29, 1.82) is 0 Å². The molecule has 2 aliphatic rings. The first-order valence-electron chi connectivity index (χ1n) is 10.2. The van der Waals surface area contributed by atoms with Gasteiger partial charge in [0.25, 0.3) is 0 Å². The Labute approximate surface area is 158 Å². The Kier molecular flexibility index (Phi) is 9.18. The van der Waals surface area contributed by atoms with Crippen LogP contribution in [0.25, 0.3) is 0 Å². The maximum Gasteiger partial charge on any atom is 0.239 e. The second-order valence-corrected chi connectivity index (χ2v) is 7.45. The number of nitrogens with one attached hydrogen (secondary N) is 3. The van der Waals surface area contributed by atoms with E-state index >= 15 is 0 Å².